The van der Waals surface area contributed by atoms with Gasteiger partial charge in [0.2, 0.25) is 0 Å². The van der Waals surface area contributed by atoms with Crippen molar-refractivity contribution in [3.63, 3.8) is 0 Å². The minimum Gasteiger partial charge on any atom is -0.301 e. The van der Waals surface area contributed by atoms with E-state index in [1.807, 2.05) is 13.1 Å². The van der Waals surface area contributed by atoms with Crippen LogP contribution in [0.2, 0.25) is 0 Å². The molecule has 5 nitrogen and oxygen atoms in total. The Morgan fingerprint density at radius 1 is 1.00 bits per heavy atom. The van der Waals surface area contributed by atoms with Gasteiger partial charge in [0.05, 0.1) is 6.61 Å². The first-order valence-corrected chi connectivity index (χ1v) is 11.0. The minimum absolute atomic E-state index is 0.409. The average molecular weight is 357 g/mol. The van der Waals surface area contributed by atoms with Gasteiger partial charge < -0.3 is 4.52 Å². The number of nitrogens with zero attached hydrogens (tertiary/aromatic N) is 3. The highest BCUT2D eigenvalue weighted by Crippen LogP contribution is 2.55. The molecule has 0 fully saturated rings. The molecule has 0 radical (unpaired) electrons. The summed E-state index contributed by atoms with van der Waals surface area (Å²) in [7, 11) is -3.00. The molecule has 0 atom stereocenters. The maximum absolute atomic E-state index is 14.0. The largest absolute Gasteiger partial charge is 0.346 e. The van der Waals surface area contributed by atoms with Crippen molar-refractivity contribution in [2.24, 2.45) is 4.99 Å². The van der Waals surface area contributed by atoms with Crippen LogP contribution in [0.15, 0.2) is 16.8 Å². The van der Waals surface area contributed by atoms with Crippen LogP contribution >= 0.6 is 7.67 Å². The number of hydrogen-bond donors (Lipinski definition) is 0. The molecule has 0 amide bonds. The smallest absolute Gasteiger partial charge is 0.301 e. The van der Waals surface area contributed by atoms with Crippen LogP contribution in [0.5, 0.6) is 0 Å². The Balaban J connectivity index is 2.96. The highest BCUT2D eigenvalue weighted by molar-refractivity contribution is 7.54. The molecule has 0 aromatic heterocycles. The van der Waals surface area contributed by atoms with Crippen LogP contribution in [0.4, 0.5) is 0 Å². The van der Waals surface area contributed by atoms with Crippen LogP contribution in [0.25, 0.3) is 0 Å². The lowest BCUT2D eigenvalue weighted by molar-refractivity contribution is 0.215. The van der Waals surface area contributed by atoms with Gasteiger partial charge in [0.25, 0.3) is 0 Å². The van der Waals surface area contributed by atoms with Crippen molar-refractivity contribution in [1.82, 2.24) is 9.34 Å². The lowest BCUT2D eigenvalue weighted by atomic mass is 10.2. The van der Waals surface area contributed by atoms with E-state index < -0.39 is 7.67 Å². The van der Waals surface area contributed by atoms with Crippen molar-refractivity contribution >= 4 is 13.4 Å². The third kappa shape index (κ3) is 6.11. The average Bonchev–Trinajstić information content (AvgIpc) is 2.98. The van der Waals surface area contributed by atoms with Crippen LogP contribution in [0.1, 0.15) is 66.7 Å². The van der Waals surface area contributed by atoms with E-state index in [0.29, 0.717) is 6.61 Å². The van der Waals surface area contributed by atoms with E-state index in [-0.39, 0.29) is 0 Å². The van der Waals surface area contributed by atoms with Crippen molar-refractivity contribution in [2.45, 2.75) is 66.7 Å². The van der Waals surface area contributed by atoms with E-state index in [1.54, 1.807) is 0 Å². The molecule has 1 heterocycles. The van der Waals surface area contributed by atoms with E-state index in [4.69, 9.17) is 4.52 Å². The van der Waals surface area contributed by atoms with E-state index in [1.165, 1.54) is 0 Å². The van der Waals surface area contributed by atoms with Crippen molar-refractivity contribution < 1.29 is 9.09 Å². The molecule has 0 spiro atoms. The first-order chi connectivity index (χ1) is 11.5. The Bertz CT molecular complexity index is 445. The molecule has 0 aromatic carbocycles. The van der Waals surface area contributed by atoms with Crippen LogP contribution < -0.4 is 0 Å². The van der Waals surface area contributed by atoms with Gasteiger partial charge in [0, 0.05) is 44.5 Å². The molecular weight excluding hydrogens is 321 g/mol. The van der Waals surface area contributed by atoms with Gasteiger partial charge in [-0.05, 0) is 38.2 Å². The molecule has 0 saturated heterocycles. The molecule has 1 aliphatic heterocycles. The van der Waals surface area contributed by atoms with Gasteiger partial charge in [-0.25, -0.2) is 9.34 Å². The molecule has 140 valence electrons. The number of aliphatic imine (C=N–C) groups is 1. The van der Waals surface area contributed by atoms with Gasteiger partial charge in [0.1, 0.15) is 0 Å². The second-order valence-corrected chi connectivity index (χ2v) is 8.87. The van der Waals surface area contributed by atoms with E-state index in [0.717, 1.165) is 69.6 Å². The summed E-state index contributed by atoms with van der Waals surface area (Å²) in [5, 5.41) is 0. The molecule has 0 N–H and O–H groups in total. The topological polar surface area (TPSA) is 45.1 Å². The van der Waals surface area contributed by atoms with E-state index in [2.05, 4.69) is 42.0 Å². The zero-order valence-corrected chi connectivity index (χ0v) is 17.1. The van der Waals surface area contributed by atoms with Crippen molar-refractivity contribution in [1.29, 1.82) is 0 Å². The Kier molecular flexibility index (Phi) is 10.1. The second kappa shape index (κ2) is 11.2. The van der Waals surface area contributed by atoms with E-state index >= 15 is 0 Å². The fourth-order valence-corrected chi connectivity index (χ4v) is 5.81. The number of hydrogen-bond acceptors (Lipinski definition) is 3. The second-order valence-electron chi connectivity index (χ2n) is 6.50. The molecule has 24 heavy (non-hydrogen) atoms. The fraction of sp³-hybridized carbons (Fsp3) is 0.833. The monoisotopic (exact) mass is 357 g/mol. The lowest BCUT2D eigenvalue weighted by Crippen LogP contribution is -2.35. The summed E-state index contributed by atoms with van der Waals surface area (Å²) in [4.78, 5) is 4.31. The summed E-state index contributed by atoms with van der Waals surface area (Å²) in [5.41, 5.74) is 2.22. The third-order valence-electron chi connectivity index (χ3n) is 4.01. The summed E-state index contributed by atoms with van der Waals surface area (Å²) in [6.45, 7) is 14.2. The molecule has 1 aliphatic rings. The van der Waals surface area contributed by atoms with Crippen LogP contribution in [0.3, 0.4) is 0 Å². The van der Waals surface area contributed by atoms with Gasteiger partial charge in [-0.2, -0.15) is 0 Å². The normalized spacial score (nSPS) is 15.3. The van der Waals surface area contributed by atoms with Gasteiger partial charge in [-0.15, -0.1) is 0 Å². The Hall–Kier alpha value is -0.480. The third-order valence-corrected chi connectivity index (χ3v) is 6.71. The maximum atomic E-state index is 14.0. The van der Waals surface area contributed by atoms with Crippen molar-refractivity contribution in [2.75, 3.05) is 32.8 Å². The Labute approximate surface area is 148 Å². The molecule has 1 rings (SSSR count). The predicted molar refractivity (Wildman–Crippen MR) is 104 cm³/mol. The first kappa shape index (κ1) is 21.6. The molecule has 0 bridgehead atoms. The zero-order chi connectivity index (χ0) is 18.0. The van der Waals surface area contributed by atoms with Crippen LogP contribution in [-0.2, 0) is 9.09 Å². The Morgan fingerprint density at radius 3 is 1.79 bits per heavy atom. The fourth-order valence-electron chi connectivity index (χ4n) is 2.98. The molecular formula is C18H36N3O2P. The van der Waals surface area contributed by atoms with E-state index in [9.17, 15) is 4.57 Å². The number of rotatable bonds is 13. The van der Waals surface area contributed by atoms with Crippen LogP contribution in [-0.4, -0.2) is 47.8 Å². The summed E-state index contributed by atoms with van der Waals surface area (Å²) in [5.74, 6) is 0. The summed E-state index contributed by atoms with van der Waals surface area (Å²) >= 11 is 0. The van der Waals surface area contributed by atoms with Gasteiger partial charge in [-0.1, -0.05) is 27.7 Å². The first-order valence-electron chi connectivity index (χ1n) is 9.48. The SMILES string of the molecule is CCCN(CCC)P(=O)(OCC1=CN=C(C)C1)N(CCC)CCC. The van der Waals surface area contributed by atoms with Crippen molar-refractivity contribution in [3.05, 3.63) is 11.8 Å². The summed E-state index contributed by atoms with van der Waals surface area (Å²) in [6.07, 6.45) is 6.61. The zero-order valence-electron chi connectivity index (χ0n) is 16.3. The molecule has 0 unspecified atom stereocenters. The van der Waals surface area contributed by atoms with Gasteiger partial charge in [0.15, 0.2) is 0 Å². The molecule has 0 aliphatic carbocycles. The van der Waals surface area contributed by atoms with Crippen LogP contribution in [0, 0.1) is 0 Å². The summed E-state index contributed by atoms with van der Waals surface area (Å²) < 4.78 is 24.3. The highest BCUT2D eigenvalue weighted by atomic mass is 31.2. The van der Waals surface area contributed by atoms with Gasteiger partial charge >= 0.3 is 7.67 Å². The molecule has 0 aromatic rings. The predicted octanol–water partition coefficient (Wildman–Crippen LogP) is 5.10. The van der Waals surface area contributed by atoms with Crippen molar-refractivity contribution in [3.8, 4) is 0 Å². The summed E-state index contributed by atoms with van der Waals surface area (Å²) in [6, 6.07) is 0. The quantitative estimate of drug-likeness (QED) is 0.430. The maximum Gasteiger partial charge on any atom is 0.346 e. The standard InChI is InChI=1S/C18H36N3O2P/c1-6-10-20(11-7-2)24(22,21(12-8-3)13-9-4)23-16-18-14-17(5)19-15-18/h15H,6-14,16H2,1-5H3. The van der Waals surface area contributed by atoms with Gasteiger partial charge in [-0.3, -0.25) is 9.56 Å². The minimum atomic E-state index is -3.00. The highest BCUT2D eigenvalue weighted by Gasteiger charge is 2.37. The molecule has 0 saturated carbocycles. The Morgan fingerprint density at radius 2 is 1.46 bits per heavy atom. The lowest BCUT2D eigenvalue weighted by Gasteiger charge is -2.38. The molecule has 6 heteroatoms.